The molecule has 0 atom stereocenters. The fourth-order valence-electron chi connectivity index (χ4n) is 2.43. The van der Waals surface area contributed by atoms with Crippen molar-refractivity contribution in [3.63, 3.8) is 0 Å². The Hall–Kier alpha value is -3.59. The number of carbonyl (C=O) groups excluding carboxylic acids is 3. The van der Waals surface area contributed by atoms with Crippen LogP contribution in [-0.2, 0) is 14.4 Å². The van der Waals surface area contributed by atoms with Crippen molar-refractivity contribution < 1.29 is 18.8 Å². The second kappa shape index (κ2) is 11.6. The summed E-state index contributed by atoms with van der Waals surface area (Å²) >= 11 is 4.93. The Morgan fingerprint density at radius 1 is 0.968 bits per heavy atom. The molecular weight excluding hydrogens is 419 g/mol. The summed E-state index contributed by atoms with van der Waals surface area (Å²) in [6, 6.07) is 11.3. The normalized spacial score (nSPS) is 10.4. The lowest BCUT2D eigenvalue weighted by Gasteiger charge is -2.11. The minimum absolute atomic E-state index is 0.0135. The fourth-order valence-corrected chi connectivity index (χ4v) is 2.58. The van der Waals surface area contributed by atoms with E-state index in [2.05, 4.69) is 21.5 Å². The van der Waals surface area contributed by atoms with E-state index in [9.17, 15) is 18.8 Å². The topological polar surface area (TPSA) is 99.3 Å². The number of hydrazine groups is 1. The molecule has 0 aliphatic heterocycles. The molecule has 2 aromatic carbocycles. The average Bonchev–Trinajstić information content (AvgIpc) is 2.73. The monoisotopic (exact) mass is 442 g/mol. The summed E-state index contributed by atoms with van der Waals surface area (Å²) in [4.78, 5) is 35.7. The molecule has 4 N–H and O–H groups in total. The summed E-state index contributed by atoms with van der Waals surface area (Å²) in [6.45, 7) is 3.81. The first-order valence-corrected chi connectivity index (χ1v) is 9.84. The number of aryl methyl sites for hydroxylation is 2. The second-order valence-corrected chi connectivity index (χ2v) is 7.15. The number of anilines is 1. The third-order valence-electron chi connectivity index (χ3n) is 4.10. The Bertz CT molecular complexity index is 1010. The fraction of sp³-hybridized carbons (Fsp3) is 0.182. The molecule has 0 aliphatic carbocycles. The van der Waals surface area contributed by atoms with E-state index in [1.165, 1.54) is 36.4 Å². The van der Waals surface area contributed by atoms with Gasteiger partial charge < -0.3 is 5.32 Å². The van der Waals surface area contributed by atoms with Gasteiger partial charge in [0.15, 0.2) is 5.11 Å². The number of hydrogen-bond donors (Lipinski definition) is 4. The highest BCUT2D eigenvalue weighted by Gasteiger charge is 2.09. The molecule has 0 fully saturated rings. The molecule has 2 aromatic rings. The lowest BCUT2D eigenvalue weighted by atomic mass is 10.1. The average molecular weight is 443 g/mol. The molecule has 0 aromatic heterocycles. The number of carbonyl (C=O) groups is 3. The largest absolute Gasteiger partial charge is 0.326 e. The summed E-state index contributed by atoms with van der Waals surface area (Å²) in [6.07, 6.45) is 2.64. The third kappa shape index (κ3) is 8.75. The Morgan fingerprint density at radius 2 is 1.65 bits per heavy atom. The van der Waals surface area contributed by atoms with Crippen molar-refractivity contribution in [3.05, 3.63) is 71.0 Å². The number of amides is 3. The van der Waals surface area contributed by atoms with Crippen LogP contribution in [0.3, 0.4) is 0 Å². The number of rotatable bonds is 6. The molecule has 0 saturated carbocycles. The van der Waals surface area contributed by atoms with E-state index in [0.29, 0.717) is 11.3 Å². The van der Waals surface area contributed by atoms with E-state index in [4.69, 9.17) is 12.2 Å². The maximum Gasteiger partial charge on any atom is 0.250 e. The third-order valence-corrected chi connectivity index (χ3v) is 4.30. The van der Waals surface area contributed by atoms with Crippen LogP contribution in [0.2, 0.25) is 0 Å². The number of thiocarbonyl (C=S) groups is 1. The number of hydrogen-bond acceptors (Lipinski definition) is 4. The molecule has 162 valence electrons. The number of halogens is 1. The van der Waals surface area contributed by atoms with Crippen LogP contribution < -0.4 is 21.5 Å². The molecule has 0 saturated heterocycles. The predicted molar refractivity (Wildman–Crippen MR) is 121 cm³/mol. The molecule has 0 bridgehead atoms. The quantitative estimate of drug-likeness (QED) is 0.313. The SMILES string of the molecule is Cc1ccc(C)c(NC(=O)CCC(=O)NNC(=S)NC(=O)/C=C/c2ccc(F)cc2)c1. The Balaban J connectivity index is 1.68. The first-order valence-electron chi connectivity index (χ1n) is 9.43. The highest BCUT2D eigenvalue weighted by molar-refractivity contribution is 7.80. The minimum Gasteiger partial charge on any atom is -0.326 e. The molecule has 0 aliphatic rings. The van der Waals surface area contributed by atoms with Crippen LogP contribution >= 0.6 is 12.2 Å². The van der Waals surface area contributed by atoms with Gasteiger partial charge in [0.05, 0.1) is 0 Å². The van der Waals surface area contributed by atoms with Gasteiger partial charge in [-0.15, -0.1) is 0 Å². The van der Waals surface area contributed by atoms with Crippen molar-refractivity contribution >= 4 is 46.8 Å². The maximum absolute atomic E-state index is 12.8. The van der Waals surface area contributed by atoms with Crippen LogP contribution in [0.4, 0.5) is 10.1 Å². The molecule has 31 heavy (non-hydrogen) atoms. The first kappa shape index (κ1) is 23.7. The van der Waals surface area contributed by atoms with Crippen LogP contribution in [0.1, 0.15) is 29.5 Å². The van der Waals surface area contributed by atoms with Gasteiger partial charge >= 0.3 is 0 Å². The summed E-state index contributed by atoms with van der Waals surface area (Å²) < 4.78 is 12.8. The Kier molecular flexibility index (Phi) is 8.83. The van der Waals surface area contributed by atoms with E-state index < -0.39 is 11.8 Å². The van der Waals surface area contributed by atoms with Gasteiger partial charge in [0.2, 0.25) is 17.7 Å². The minimum atomic E-state index is -0.524. The van der Waals surface area contributed by atoms with Crippen molar-refractivity contribution in [2.75, 3.05) is 5.32 Å². The number of benzene rings is 2. The van der Waals surface area contributed by atoms with Gasteiger partial charge in [-0.2, -0.15) is 0 Å². The molecule has 0 spiro atoms. The van der Waals surface area contributed by atoms with Crippen molar-refractivity contribution in [1.29, 1.82) is 0 Å². The smallest absolute Gasteiger partial charge is 0.250 e. The molecule has 3 amide bonds. The molecular formula is C22H23FN4O3S. The highest BCUT2D eigenvalue weighted by atomic mass is 32.1. The molecule has 9 heteroatoms. The van der Waals surface area contributed by atoms with E-state index in [-0.39, 0.29) is 29.7 Å². The lowest BCUT2D eigenvalue weighted by molar-refractivity contribution is -0.124. The predicted octanol–water partition coefficient (Wildman–Crippen LogP) is 2.90. The van der Waals surface area contributed by atoms with Crippen LogP contribution in [0.5, 0.6) is 0 Å². The molecule has 0 radical (unpaired) electrons. The van der Waals surface area contributed by atoms with E-state index in [1.807, 2.05) is 32.0 Å². The first-order chi connectivity index (χ1) is 14.7. The Morgan fingerprint density at radius 3 is 2.35 bits per heavy atom. The zero-order valence-corrected chi connectivity index (χ0v) is 17.9. The van der Waals surface area contributed by atoms with Gasteiger partial charge in [-0.1, -0.05) is 24.3 Å². The lowest BCUT2D eigenvalue weighted by Crippen LogP contribution is -2.48. The van der Waals surface area contributed by atoms with Crippen LogP contribution in [-0.4, -0.2) is 22.8 Å². The van der Waals surface area contributed by atoms with Crippen LogP contribution in [0.15, 0.2) is 48.5 Å². The highest BCUT2D eigenvalue weighted by Crippen LogP contribution is 2.16. The Labute approximate surface area is 185 Å². The van der Waals surface area contributed by atoms with Crippen molar-refractivity contribution in [2.24, 2.45) is 0 Å². The zero-order valence-electron chi connectivity index (χ0n) is 17.1. The van der Waals surface area contributed by atoms with Crippen LogP contribution in [0.25, 0.3) is 6.08 Å². The maximum atomic E-state index is 12.8. The van der Waals surface area contributed by atoms with Crippen LogP contribution in [0, 0.1) is 19.7 Å². The van der Waals surface area contributed by atoms with Gasteiger partial charge in [0, 0.05) is 24.6 Å². The van der Waals surface area contributed by atoms with Gasteiger partial charge in [-0.3, -0.25) is 30.6 Å². The van der Waals surface area contributed by atoms with Crippen molar-refractivity contribution in [2.45, 2.75) is 26.7 Å². The van der Waals surface area contributed by atoms with Crippen molar-refractivity contribution in [1.82, 2.24) is 16.2 Å². The van der Waals surface area contributed by atoms with E-state index >= 15 is 0 Å². The summed E-state index contributed by atoms with van der Waals surface area (Å²) in [5.41, 5.74) is 8.01. The summed E-state index contributed by atoms with van der Waals surface area (Å²) in [5, 5.41) is 5.02. The van der Waals surface area contributed by atoms with Crippen molar-refractivity contribution in [3.8, 4) is 0 Å². The van der Waals surface area contributed by atoms with Gasteiger partial charge in [-0.25, -0.2) is 4.39 Å². The molecule has 7 nitrogen and oxygen atoms in total. The van der Waals surface area contributed by atoms with E-state index in [1.54, 1.807) is 0 Å². The van der Waals surface area contributed by atoms with Gasteiger partial charge in [-0.05, 0) is 67.0 Å². The second-order valence-electron chi connectivity index (χ2n) is 6.74. The summed E-state index contributed by atoms with van der Waals surface area (Å²) in [5.74, 6) is -1.64. The van der Waals surface area contributed by atoms with Gasteiger partial charge in [0.1, 0.15) is 5.82 Å². The molecule has 0 unspecified atom stereocenters. The molecule has 0 heterocycles. The standard InChI is InChI=1S/C22H23FN4O3S/c1-14-3-4-15(2)18(13-14)24-19(28)11-12-21(30)26-27-22(31)25-20(29)10-7-16-5-8-17(23)9-6-16/h3-10,13H,11-12H2,1-2H3,(H,24,28)(H,26,30)(H2,25,27,29,31)/b10-7+. The molecule has 2 rings (SSSR count). The zero-order chi connectivity index (χ0) is 22.8. The number of nitrogens with one attached hydrogen (secondary N) is 4. The van der Waals surface area contributed by atoms with Gasteiger partial charge in [0.25, 0.3) is 0 Å². The van der Waals surface area contributed by atoms with E-state index in [0.717, 1.165) is 11.1 Å². The summed E-state index contributed by atoms with van der Waals surface area (Å²) in [7, 11) is 0.